The van der Waals surface area contributed by atoms with Gasteiger partial charge in [0.15, 0.2) is 0 Å². The fourth-order valence-corrected chi connectivity index (χ4v) is 3.22. The molecule has 0 aliphatic carbocycles. The topological polar surface area (TPSA) is 75.3 Å². The van der Waals surface area contributed by atoms with Crippen molar-refractivity contribution in [1.82, 2.24) is 0 Å². The highest BCUT2D eigenvalue weighted by molar-refractivity contribution is 7.99. The summed E-state index contributed by atoms with van der Waals surface area (Å²) in [6.07, 6.45) is 0. The molecule has 0 aliphatic rings. The standard InChI is InChI=1S/C21H20N2O2S/c22-20(14-24)21(25)23-17-8-12-19(13-9-17)26-18-10-6-16(7-11-18)15-4-2-1-3-5-15/h1-13,20,24H,14,22H2,(H,23,25)/t20-/m0/s1. The second-order valence-electron chi connectivity index (χ2n) is 5.80. The van der Waals surface area contributed by atoms with E-state index < -0.39 is 11.9 Å². The third-order valence-electron chi connectivity index (χ3n) is 3.85. The van der Waals surface area contributed by atoms with Crippen LogP contribution in [0.25, 0.3) is 11.1 Å². The smallest absolute Gasteiger partial charge is 0.243 e. The van der Waals surface area contributed by atoms with Crippen LogP contribution in [0.2, 0.25) is 0 Å². The van der Waals surface area contributed by atoms with Crippen LogP contribution in [0.5, 0.6) is 0 Å². The number of benzene rings is 3. The first kappa shape index (κ1) is 18.2. The van der Waals surface area contributed by atoms with Gasteiger partial charge in [-0.25, -0.2) is 0 Å². The minimum Gasteiger partial charge on any atom is -0.394 e. The van der Waals surface area contributed by atoms with Gasteiger partial charge in [-0.1, -0.05) is 54.2 Å². The Hall–Kier alpha value is -2.60. The van der Waals surface area contributed by atoms with E-state index in [4.69, 9.17) is 10.8 Å². The van der Waals surface area contributed by atoms with Gasteiger partial charge in [0.25, 0.3) is 0 Å². The normalized spacial score (nSPS) is 11.8. The fourth-order valence-electron chi connectivity index (χ4n) is 2.41. The average molecular weight is 364 g/mol. The lowest BCUT2D eigenvalue weighted by Crippen LogP contribution is -2.38. The van der Waals surface area contributed by atoms with Crippen molar-refractivity contribution in [2.24, 2.45) is 5.73 Å². The van der Waals surface area contributed by atoms with Gasteiger partial charge in [0.2, 0.25) is 5.91 Å². The molecule has 0 saturated carbocycles. The van der Waals surface area contributed by atoms with Crippen LogP contribution in [0.4, 0.5) is 5.69 Å². The van der Waals surface area contributed by atoms with Crippen molar-refractivity contribution in [3.05, 3.63) is 78.9 Å². The third-order valence-corrected chi connectivity index (χ3v) is 4.87. The van der Waals surface area contributed by atoms with E-state index in [2.05, 4.69) is 41.7 Å². The predicted molar refractivity (Wildman–Crippen MR) is 106 cm³/mol. The number of aliphatic hydroxyl groups excluding tert-OH is 1. The number of hydrogen-bond acceptors (Lipinski definition) is 4. The molecule has 0 spiro atoms. The number of hydrogen-bond donors (Lipinski definition) is 3. The molecule has 0 unspecified atom stereocenters. The molecule has 3 aromatic rings. The predicted octanol–water partition coefficient (Wildman–Crippen LogP) is 3.76. The number of nitrogens with two attached hydrogens (primary N) is 1. The van der Waals surface area contributed by atoms with Gasteiger partial charge in [0.05, 0.1) is 6.61 Å². The zero-order chi connectivity index (χ0) is 18.4. The maximum atomic E-state index is 11.7. The van der Waals surface area contributed by atoms with E-state index in [9.17, 15) is 4.79 Å². The van der Waals surface area contributed by atoms with E-state index in [0.717, 1.165) is 9.79 Å². The minimum atomic E-state index is -0.910. The monoisotopic (exact) mass is 364 g/mol. The summed E-state index contributed by atoms with van der Waals surface area (Å²) >= 11 is 1.65. The van der Waals surface area contributed by atoms with Crippen molar-refractivity contribution in [3.63, 3.8) is 0 Å². The molecular weight excluding hydrogens is 344 g/mol. The molecule has 26 heavy (non-hydrogen) atoms. The molecule has 0 aromatic heterocycles. The highest BCUT2D eigenvalue weighted by Gasteiger charge is 2.11. The Morgan fingerprint density at radius 2 is 1.42 bits per heavy atom. The SMILES string of the molecule is N[C@@H](CO)C(=O)Nc1ccc(Sc2ccc(-c3ccccc3)cc2)cc1. The number of carbonyl (C=O) groups excluding carboxylic acids is 1. The molecule has 0 aliphatic heterocycles. The van der Waals surface area contributed by atoms with Gasteiger partial charge < -0.3 is 16.2 Å². The summed E-state index contributed by atoms with van der Waals surface area (Å²) in [5.74, 6) is -0.399. The molecular formula is C21H20N2O2S. The lowest BCUT2D eigenvalue weighted by atomic mass is 10.1. The highest BCUT2D eigenvalue weighted by atomic mass is 32.2. The van der Waals surface area contributed by atoms with Crippen molar-refractivity contribution >= 4 is 23.4 Å². The second kappa shape index (κ2) is 8.67. The first-order valence-electron chi connectivity index (χ1n) is 8.26. The molecule has 0 saturated heterocycles. The van der Waals surface area contributed by atoms with Crippen LogP contribution in [0, 0.1) is 0 Å². The van der Waals surface area contributed by atoms with E-state index >= 15 is 0 Å². The highest BCUT2D eigenvalue weighted by Crippen LogP contribution is 2.30. The van der Waals surface area contributed by atoms with Crippen LogP contribution in [0.3, 0.4) is 0 Å². The number of nitrogens with one attached hydrogen (secondary N) is 1. The minimum absolute atomic E-state index is 0.376. The first-order chi connectivity index (χ1) is 12.7. The zero-order valence-corrected chi connectivity index (χ0v) is 14.9. The van der Waals surface area contributed by atoms with Crippen molar-refractivity contribution in [1.29, 1.82) is 0 Å². The van der Waals surface area contributed by atoms with Gasteiger partial charge in [0, 0.05) is 15.5 Å². The number of anilines is 1. The number of carbonyl (C=O) groups is 1. The van der Waals surface area contributed by atoms with Crippen LogP contribution in [0.1, 0.15) is 0 Å². The molecule has 0 radical (unpaired) electrons. The van der Waals surface area contributed by atoms with E-state index in [1.165, 1.54) is 11.1 Å². The van der Waals surface area contributed by atoms with Crippen LogP contribution in [-0.4, -0.2) is 23.7 Å². The summed E-state index contributed by atoms with van der Waals surface area (Å²) in [5, 5.41) is 11.6. The number of amides is 1. The van der Waals surface area contributed by atoms with E-state index in [0.29, 0.717) is 5.69 Å². The number of rotatable bonds is 6. The maximum Gasteiger partial charge on any atom is 0.243 e. The summed E-state index contributed by atoms with van der Waals surface area (Å²) in [7, 11) is 0. The van der Waals surface area contributed by atoms with Crippen molar-refractivity contribution in [2.45, 2.75) is 15.8 Å². The molecule has 5 heteroatoms. The van der Waals surface area contributed by atoms with Gasteiger partial charge >= 0.3 is 0 Å². The van der Waals surface area contributed by atoms with Crippen molar-refractivity contribution in [3.8, 4) is 11.1 Å². The van der Waals surface area contributed by atoms with E-state index in [-0.39, 0.29) is 6.61 Å². The molecule has 1 atom stereocenters. The van der Waals surface area contributed by atoms with Crippen LogP contribution in [-0.2, 0) is 4.79 Å². The van der Waals surface area contributed by atoms with Crippen molar-refractivity contribution < 1.29 is 9.90 Å². The molecule has 132 valence electrons. The van der Waals surface area contributed by atoms with E-state index in [1.54, 1.807) is 11.8 Å². The summed E-state index contributed by atoms with van der Waals surface area (Å²) in [6, 6.07) is 25.3. The average Bonchev–Trinajstić information content (AvgIpc) is 2.70. The molecule has 0 bridgehead atoms. The molecule has 4 nitrogen and oxygen atoms in total. The molecule has 1 amide bonds. The summed E-state index contributed by atoms with van der Waals surface area (Å²) < 4.78 is 0. The summed E-state index contributed by atoms with van der Waals surface area (Å²) in [6.45, 7) is -0.376. The summed E-state index contributed by atoms with van der Waals surface area (Å²) in [5.41, 5.74) is 8.53. The van der Waals surface area contributed by atoms with Crippen LogP contribution >= 0.6 is 11.8 Å². The van der Waals surface area contributed by atoms with Crippen LogP contribution < -0.4 is 11.1 Å². The second-order valence-corrected chi connectivity index (χ2v) is 6.94. The lowest BCUT2D eigenvalue weighted by Gasteiger charge is -2.10. The summed E-state index contributed by atoms with van der Waals surface area (Å²) in [4.78, 5) is 13.9. The lowest BCUT2D eigenvalue weighted by molar-refractivity contribution is -0.118. The first-order valence-corrected chi connectivity index (χ1v) is 9.08. The quantitative estimate of drug-likeness (QED) is 0.622. The largest absolute Gasteiger partial charge is 0.394 e. The van der Waals surface area contributed by atoms with Gasteiger partial charge in [-0.15, -0.1) is 0 Å². The fraction of sp³-hybridized carbons (Fsp3) is 0.0952. The third kappa shape index (κ3) is 4.73. The maximum absolute atomic E-state index is 11.7. The van der Waals surface area contributed by atoms with Gasteiger partial charge in [-0.3, -0.25) is 4.79 Å². The Kier molecular flexibility index (Phi) is 6.07. The number of aliphatic hydroxyl groups is 1. The molecule has 4 N–H and O–H groups in total. The Morgan fingerprint density at radius 3 is 2.00 bits per heavy atom. The van der Waals surface area contributed by atoms with Crippen LogP contribution in [0.15, 0.2) is 88.7 Å². The van der Waals surface area contributed by atoms with Gasteiger partial charge in [-0.2, -0.15) is 0 Å². The Labute approximate surface area is 157 Å². The molecule has 0 heterocycles. The molecule has 3 aromatic carbocycles. The molecule has 0 fully saturated rings. The Bertz CT molecular complexity index is 849. The molecule has 3 rings (SSSR count). The van der Waals surface area contributed by atoms with Crippen molar-refractivity contribution in [2.75, 3.05) is 11.9 Å². The zero-order valence-electron chi connectivity index (χ0n) is 14.1. The Balaban J connectivity index is 1.63. The van der Waals surface area contributed by atoms with Gasteiger partial charge in [-0.05, 0) is 47.5 Å². The Morgan fingerprint density at radius 1 is 0.885 bits per heavy atom. The van der Waals surface area contributed by atoms with Gasteiger partial charge in [0.1, 0.15) is 6.04 Å². The van der Waals surface area contributed by atoms with E-state index in [1.807, 2.05) is 42.5 Å².